The smallest absolute Gasteiger partial charge is 0.119 e. The van der Waals surface area contributed by atoms with Crippen LogP contribution in [0.5, 0.6) is 5.75 Å². The fourth-order valence-electron chi connectivity index (χ4n) is 3.73. The van der Waals surface area contributed by atoms with Gasteiger partial charge in [-0.3, -0.25) is 0 Å². The maximum Gasteiger partial charge on any atom is 0.119 e. The lowest BCUT2D eigenvalue weighted by atomic mass is 9.69. The van der Waals surface area contributed by atoms with Crippen LogP contribution in [0.2, 0.25) is 0 Å². The van der Waals surface area contributed by atoms with Gasteiger partial charge in [-0.2, -0.15) is 5.26 Å². The molecule has 114 valence electrons. The van der Waals surface area contributed by atoms with Crippen LogP contribution in [0.1, 0.15) is 31.2 Å². The maximum atomic E-state index is 9.90. The molecule has 0 radical (unpaired) electrons. The number of nitrogens with zero attached hydrogens (tertiary/aromatic N) is 1. The Labute approximate surface area is 136 Å². The van der Waals surface area contributed by atoms with Gasteiger partial charge >= 0.3 is 0 Å². The lowest BCUT2D eigenvalue weighted by Gasteiger charge is -2.31. The Bertz CT molecular complexity index is 740. The summed E-state index contributed by atoms with van der Waals surface area (Å²) >= 11 is 1.83. The van der Waals surface area contributed by atoms with E-state index in [0.29, 0.717) is 11.8 Å². The Morgan fingerprint density at radius 1 is 1.36 bits per heavy atom. The Morgan fingerprint density at radius 3 is 2.77 bits per heavy atom. The van der Waals surface area contributed by atoms with Crippen LogP contribution in [0, 0.1) is 23.2 Å². The van der Waals surface area contributed by atoms with Crippen molar-refractivity contribution in [3.05, 3.63) is 40.8 Å². The standard InChI is InChI=1S/C19H21NOS/c1-12(2)19(11-20)13(3)8-18-16(19)10-17(22-18)14-6-5-7-15(9-14)21-4/h5-7,9-10,12-13H,8H2,1-4H3/t13-,19+/m0/s1. The molecule has 1 aliphatic carbocycles. The van der Waals surface area contributed by atoms with E-state index in [1.807, 2.05) is 23.5 Å². The summed E-state index contributed by atoms with van der Waals surface area (Å²) in [6.45, 7) is 6.54. The van der Waals surface area contributed by atoms with Crippen LogP contribution in [-0.2, 0) is 11.8 Å². The minimum absolute atomic E-state index is 0.321. The zero-order chi connectivity index (χ0) is 15.9. The second-order valence-corrected chi connectivity index (χ2v) is 7.56. The molecule has 3 heteroatoms. The third kappa shape index (κ3) is 2.06. The zero-order valence-corrected chi connectivity index (χ0v) is 14.3. The summed E-state index contributed by atoms with van der Waals surface area (Å²) in [5.41, 5.74) is 2.07. The van der Waals surface area contributed by atoms with Crippen molar-refractivity contribution in [2.75, 3.05) is 7.11 Å². The largest absolute Gasteiger partial charge is 0.497 e. The van der Waals surface area contributed by atoms with Gasteiger partial charge in [0.1, 0.15) is 5.75 Å². The monoisotopic (exact) mass is 311 g/mol. The quantitative estimate of drug-likeness (QED) is 0.796. The van der Waals surface area contributed by atoms with Crippen LogP contribution in [0.4, 0.5) is 0 Å². The van der Waals surface area contributed by atoms with Gasteiger partial charge in [0.2, 0.25) is 0 Å². The van der Waals surface area contributed by atoms with Crippen LogP contribution in [-0.4, -0.2) is 7.11 Å². The van der Waals surface area contributed by atoms with Gasteiger partial charge in [0.15, 0.2) is 0 Å². The van der Waals surface area contributed by atoms with Crippen molar-refractivity contribution in [1.82, 2.24) is 0 Å². The molecule has 0 N–H and O–H groups in total. The van der Waals surface area contributed by atoms with Crippen molar-refractivity contribution >= 4 is 11.3 Å². The second kappa shape index (κ2) is 5.44. The average molecular weight is 311 g/mol. The molecule has 22 heavy (non-hydrogen) atoms. The summed E-state index contributed by atoms with van der Waals surface area (Å²) in [4.78, 5) is 2.61. The van der Waals surface area contributed by atoms with E-state index in [1.165, 1.54) is 20.9 Å². The van der Waals surface area contributed by atoms with Crippen molar-refractivity contribution in [2.24, 2.45) is 11.8 Å². The molecule has 2 aromatic rings. The molecule has 1 heterocycles. The molecule has 0 spiro atoms. The van der Waals surface area contributed by atoms with Crippen LogP contribution in [0.15, 0.2) is 30.3 Å². The number of methoxy groups -OCH3 is 1. The third-order valence-electron chi connectivity index (χ3n) is 4.97. The molecule has 0 saturated carbocycles. The predicted octanol–water partition coefficient (Wildman–Crippen LogP) is 5.03. The first-order chi connectivity index (χ1) is 10.5. The predicted molar refractivity (Wildman–Crippen MR) is 91.3 cm³/mol. The highest BCUT2D eigenvalue weighted by Crippen LogP contribution is 2.52. The number of rotatable bonds is 3. The number of fused-ring (bicyclic) bond motifs is 1. The zero-order valence-electron chi connectivity index (χ0n) is 13.5. The number of benzene rings is 1. The van der Waals surface area contributed by atoms with E-state index >= 15 is 0 Å². The lowest BCUT2D eigenvalue weighted by Crippen LogP contribution is -2.34. The van der Waals surface area contributed by atoms with E-state index in [9.17, 15) is 5.26 Å². The summed E-state index contributed by atoms with van der Waals surface area (Å²) in [5, 5.41) is 9.90. The molecule has 1 aromatic heterocycles. The SMILES string of the molecule is COc1cccc(-c2cc3c(s2)C[C@H](C)[C@@]3(C#N)C(C)C)c1. The molecule has 0 unspecified atom stereocenters. The summed E-state index contributed by atoms with van der Waals surface area (Å²) in [7, 11) is 1.69. The van der Waals surface area contributed by atoms with Gasteiger partial charge in [-0.25, -0.2) is 0 Å². The summed E-state index contributed by atoms with van der Waals surface area (Å²) in [6.07, 6.45) is 1.01. The van der Waals surface area contributed by atoms with Crippen molar-refractivity contribution in [3.63, 3.8) is 0 Å². The van der Waals surface area contributed by atoms with Crippen LogP contribution in [0.3, 0.4) is 0 Å². The Morgan fingerprint density at radius 2 is 2.14 bits per heavy atom. The highest BCUT2D eigenvalue weighted by Gasteiger charge is 2.48. The molecule has 0 saturated heterocycles. The van der Waals surface area contributed by atoms with Crippen LogP contribution >= 0.6 is 11.3 Å². The van der Waals surface area contributed by atoms with Crippen molar-refractivity contribution in [3.8, 4) is 22.3 Å². The number of hydrogen-bond acceptors (Lipinski definition) is 3. The first-order valence-electron chi connectivity index (χ1n) is 7.71. The van der Waals surface area contributed by atoms with E-state index < -0.39 is 0 Å². The van der Waals surface area contributed by atoms with E-state index in [-0.39, 0.29) is 5.41 Å². The summed E-state index contributed by atoms with van der Waals surface area (Å²) < 4.78 is 5.32. The summed E-state index contributed by atoms with van der Waals surface area (Å²) in [5.74, 6) is 1.58. The molecule has 2 nitrogen and oxygen atoms in total. The van der Waals surface area contributed by atoms with E-state index in [4.69, 9.17) is 4.74 Å². The Kier molecular flexibility index (Phi) is 3.74. The van der Waals surface area contributed by atoms with Crippen molar-refractivity contribution in [2.45, 2.75) is 32.6 Å². The third-order valence-corrected chi connectivity index (χ3v) is 6.18. The van der Waals surface area contributed by atoms with Crippen molar-refractivity contribution < 1.29 is 4.74 Å². The first-order valence-corrected chi connectivity index (χ1v) is 8.53. The van der Waals surface area contributed by atoms with Crippen LogP contribution in [0.25, 0.3) is 10.4 Å². The summed E-state index contributed by atoms with van der Waals surface area (Å²) in [6, 6.07) is 13.0. The fraction of sp³-hybridized carbons (Fsp3) is 0.421. The van der Waals surface area contributed by atoms with E-state index in [2.05, 4.69) is 45.0 Å². The molecular formula is C19H21NOS. The average Bonchev–Trinajstić information content (AvgIpc) is 3.03. The van der Waals surface area contributed by atoms with Crippen molar-refractivity contribution in [1.29, 1.82) is 5.26 Å². The second-order valence-electron chi connectivity index (χ2n) is 6.42. The highest BCUT2D eigenvalue weighted by molar-refractivity contribution is 7.15. The molecule has 2 atom stereocenters. The van der Waals surface area contributed by atoms with Gasteiger partial charge < -0.3 is 4.74 Å². The van der Waals surface area contributed by atoms with Gasteiger partial charge in [-0.1, -0.05) is 32.9 Å². The van der Waals surface area contributed by atoms with E-state index in [1.54, 1.807) is 7.11 Å². The molecule has 0 amide bonds. The lowest BCUT2D eigenvalue weighted by molar-refractivity contribution is 0.302. The van der Waals surface area contributed by atoms with Gasteiger partial charge in [-0.05, 0) is 47.6 Å². The molecule has 1 aromatic carbocycles. The fourth-order valence-corrected chi connectivity index (χ4v) is 5.09. The number of hydrogen-bond donors (Lipinski definition) is 0. The number of ether oxygens (including phenoxy) is 1. The van der Waals surface area contributed by atoms with Gasteiger partial charge in [0, 0.05) is 9.75 Å². The minimum atomic E-state index is -0.344. The normalized spacial score (nSPS) is 23.4. The topological polar surface area (TPSA) is 33.0 Å². The molecule has 0 bridgehead atoms. The highest BCUT2D eigenvalue weighted by atomic mass is 32.1. The molecular weight excluding hydrogens is 290 g/mol. The Balaban J connectivity index is 2.09. The minimum Gasteiger partial charge on any atom is -0.497 e. The molecule has 1 aliphatic rings. The van der Waals surface area contributed by atoms with Gasteiger partial charge in [-0.15, -0.1) is 11.3 Å². The van der Waals surface area contributed by atoms with Crippen LogP contribution < -0.4 is 4.74 Å². The molecule has 0 fully saturated rings. The maximum absolute atomic E-state index is 9.90. The molecule has 0 aliphatic heterocycles. The number of thiophene rings is 1. The van der Waals surface area contributed by atoms with Gasteiger partial charge in [0.25, 0.3) is 0 Å². The number of nitriles is 1. The van der Waals surface area contributed by atoms with Gasteiger partial charge in [0.05, 0.1) is 18.6 Å². The van der Waals surface area contributed by atoms with E-state index in [0.717, 1.165) is 12.2 Å². The molecule has 3 rings (SSSR count). The first kappa shape index (κ1) is 15.1. The Hall–Kier alpha value is -1.79.